The lowest BCUT2D eigenvalue weighted by Gasteiger charge is -2.12. The van der Waals surface area contributed by atoms with Gasteiger partial charge in [0.05, 0.1) is 6.54 Å². The summed E-state index contributed by atoms with van der Waals surface area (Å²) in [5.74, 6) is 0.888. The molecule has 0 aliphatic carbocycles. The maximum absolute atomic E-state index is 12.0. The Hall–Kier alpha value is -3.35. The van der Waals surface area contributed by atoms with E-state index in [-0.39, 0.29) is 6.03 Å². The van der Waals surface area contributed by atoms with Crippen molar-refractivity contribution in [1.82, 2.24) is 25.4 Å². The van der Waals surface area contributed by atoms with E-state index in [1.807, 2.05) is 60.2 Å². The maximum Gasteiger partial charge on any atom is 0.315 e. The highest BCUT2D eigenvalue weighted by Crippen LogP contribution is 2.08. The Morgan fingerprint density at radius 2 is 1.67 bits per heavy atom. The fourth-order valence-corrected chi connectivity index (χ4v) is 2.56. The Labute approximate surface area is 159 Å². The second kappa shape index (κ2) is 8.84. The molecule has 0 unspecified atom stereocenters. The Kier molecular flexibility index (Phi) is 6.04. The first-order chi connectivity index (χ1) is 13.1. The average Bonchev–Trinajstić information content (AvgIpc) is 3.19. The van der Waals surface area contributed by atoms with Gasteiger partial charge >= 0.3 is 6.03 Å². The molecule has 0 fully saturated rings. The molecule has 27 heavy (non-hydrogen) atoms. The summed E-state index contributed by atoms with van der Waals surface area (Å²) in [5, 5.41) is 9.91. The van der Waals surface area contributed by atoms with E-state index in [4.69, 9.17) is 0 Å². The van der Waals surface area contributed by atoms with Gasteiger partial charge in [-0.1, -0.05) is 30.3 Å². The zero-order chi connectivity index (χ0) is 19.1. The molecule has 7 nitrogen and oxygen atoms in total. The quantitative estimate of drug-likeness (QED) is 0.675. The van der Waals surface area contributed by atoms with Gasteiger partial charge in [0.1, 0.15) is 5.82 Å². The van der Waals surface area contributed by atoms with E-state index in [0.717, 1.165) is 23.5 Å². The van der Waals surface area contributed by atoms with Crippen molar-refractivity contribution in [2.24, 2.45) is 0 Å². The van der Waals surface area contributed by atoms with Crippen LogP contribution in [0.1, 0.15) is 16.7 Å². The second-order valence-corrected chi connectivity index (χ2v) is 6.48. The number of urea groups is 1. The van der Waals surface area contributed by atoms with Gasteiger partial charge < -0.3 is 15.5 Å². The van der Waals surface area contributed by atoms with Crippen LogP contribution < -0.4 is 15.5 Å². The van der Waals surface area contributed by atoms with Crippen LogP contribution in [0.3, 0.4) is 0 Å². The smallest absolute Gasteiger partial charge is 0.315 e. The highest BCUT2D eigenvalue weighted by Gasteiger charge is 2.03. The van der Waals surface area contributed by atoms with Crippen LogP contribution in [0.5, 0.6) is 0 Å². The van der Waals surface area contributed by atoms with Crippen molar-refractivity contribution in [2.75, 3.05) is 19.0 Å². The largest absolute Gasteiger partial charge is 0.363 e. The molecule has 0 saturated heterocycles. The lowest BCUT2D eigenvalue weighted by Crippen LogP contribution is -2.34. The summed E-state index contributed by atoms with van der Waals surface area (Å²) in [4.78, 5) is 18.2. The van der Waals surface area contributed by atoms with Crippen LogP contribution in [0, 0.1) is 0 Å². The summed E-state index contributed by atoms with van der Waals surface area (Å²) in [6, 6.07) is 13.7. The van der Waals surface area contributed by atoms with E-state index < -0.39 is 0 Å². The predicted octanol–water partition coefficient (Wildman–Crippen LogP) is 2.39. The first-order valence-electron chi connectivity index (χ1n) is 8.79. The SMILES string of the molecule is CN(C)c1ccc(CNC(=O)NCc2ccc(Cn3cccn3)cc2)cn1. The molecule has 1 aromatic carbocycles. The van der Waals surface area contributed by atoms with Gasteiger partial charge in [-0.15, -0.1) is 0 Å². The fraction of sp³-hybridized carbons (Fsp3) is 0.250. The van der Waals surface area contributed by atoms with E-state index in [9.17, 15) is 4.79 Å². The number of amides is 2. The van der Waals surface area contributed by atoms with Crippen LogP contribution in [0.15, 0.2) is 61.1 Å². The van der Waals surface area contributed by atoms with Gasteiger partial charge in [0.25, 0.3) is 0 Å². The first kappa shape index (κ1) is 18.4. The van der Waals surface area contributed by atoms with Gasteiger partial charge in [0.15, 0.2) is 0 Å². The van der Waals surface area contributed by atoms with Gasteiger partial charge in [-0.2, -0.15) is 5.10 Å². The summed E-state index contributed by atoms with van der Waals surface area (Å²) in [5.41, 5.74) is 3.17. The molecule has 2 amide bonds. The van der Waals surface area contributed by atoms with Crippen molar-refractivity contribution in [1.29, 1.82) is 0 Å². The molecule has 3 aromatic rings. The van der Waals surface area contributed by atoms with Crippen molar-refractivity contribution >= 4 is 11.8 Å². The molecule has 0 radical (unpaired) electrons. The molecular formula is C20H24N6O. The summed E-state index contributed by atoms with van der Waals surface area (Å²) in [6.45, 7) is 1.66. The average molecular weight is 364 g/mol. The molecule has 0 bridgehead atoms. The molecule has 2 aromatic heterocycles. The van der Waals surface area contributed by atoms with Crippen LogP contribution in [-0.4, -0.2) is 34.9 Å². The zero-order valence-electron chi connectivity index (χ0n) is 15.6. The predicted molar refractivity (Wildman–Crippen MR) is 105 cm³/mol. The number of carbonyl (C=O) groups is 1. The highest BCUT2D eigenvalue weighted by molar-refractivity contribution is 5.73. The number of rotatable bonds is 7. The van der Waals surface area contributed by atoms with E-state index >= 15 is 0 Å². The Bertz CT molecular complexity index is 841. The van der Waals surface area contributed by atoms with Crippen LogP contribution in [0.2, 0.25) is 0 Å². The van der Waals surface area contributed by atoms with Crippen molar-refractivity contribution < 1.29 is 4.79 Å². The third-order valence-corrected chi connectivity index (χ3v) is 4.10. The van der Waals surface area contributed by atoms with Crippen molar-refractivity contribution in [2.45, 2.75) is 19.6 Å². The minimum Gasteiger partial charge on any atom is -0.363 e. The highest BCUT2D eigenvalue weighted by atomic mass is 16.2. The number of benzene rings is 1. The zero-order valence-corrected chi connectivity index (χ0v) is 15.6. The minimum absolute atomic E-state index is 0.202. The summed E-state index contributed by atoms with van der Waals surface area (Å²) >= 11 is 0. The van der Waals surface area contributed by atoms with E-state index in [2.05, 4.69) is 32.8 Å². The molecule has 0 aliphatic heterocycles. The number of anilines is 1. The third-order valence-electron chi connectivity index (χ3n) is 4.10. The molecule has 3 rings (SSSR count). The lowest BCUT2D eigenvalue weighted by molar-refractivity contribution is 0.240. The second-order valence-electron chi connectivity index (χ2n) is 6.48. The van der Waals surface area contributed by atoms with Crippen LogP contribution in [0.25, 0.3) is 0 Å². The monoisotopic (exact) mass is 364 g/mol. The number of hydrogen-bond donors (Lipinski definition) is 2. The summed E-state index contributed by atoms with van der Waals surface area (Å²) in [7, 11) is 3.88. The fourth-order valence-electron chi connectivity index (χ4n) is 2.56. The molecule has 7 heteroatoms. The molecule has 0 atom stereocenters. The molecule has 2 N–H and O–H groups in total. The number of carbonyl (C=O) groups excluding carboxylic acids is 1. The molecule has 0 spiro atoms. The number of pyridine rings is 1. The molecule has 140 valence electrons. The standard InChI is InChI=1S/C20H24N6O/c1-25(2)19-9-8-18(13-21-19)14-23-20(27)22-12-16-4-6-17(7-5-16)15-26-11-3-10-24-26/h3-11,13H,12,14-15H2,1-2H3,(H2,22,23,27). The van der Waals surface area contributed by atoms with E-state index in [1.165, 1.54) is 5.56 Å². The molecular weight excluding hydrogens is 340 g/mol. The maximum atomic E-state index is 12.0. The minimum atomic E-state index is -0.202. The topological polar surface area (TPSA) is 75.1 Å². The Morgan fingerprint density at radius 1 is 1.00 bits per heavy atom. The first-order valence-corrected chi connectivity index (χ1v) is 8.79. The van der Waals surface area contributed by atoms with Gasteiger partial charge in [0, 0.05) is 45.8 Å². The number of nitrogens with one attached hydrogen (secondary N) is 2. The number of nitrogens with zero attached hydrogens (tertiary/aromatic N) is 4. The van der Waals surface area contributed by atoms with Crippen molar-refractivity contribution in [3.8, 4) is 0 Å². The van der Waals surface area contributed by atoms with Crippen molar-refractivity contribution in [3.05, 3.63) is 77.7 Å². The number of hydrogen-bond acceptors (Lipinski definition) is 4. The van der Waals surface area contributed by atoms with Crippen LogP contribution in [0.4, 0.5) is 10.6 Å². The molecule has 0 aliphatic rings. The summed E-state index contributed by atoms with van der Waals surface area (Å²) < 4.78 is 1.88. The normalized spacial score (nSPS) is 10.4. The van der Waals surface area contributed by atoms with Gasteiger partial charge in [0.2, 0.25) is 0 Å². The van der Waals surface area contributed by atoms with Gasteiger partial charge in [-0.25, -0.2) is 9.78 Å². The summed E-state index contributed by atoms with van der Waals surface area (Å²) in [6.07, 6.45) is 5.47. The lowest BCUT2D eigenvalue weighted by atomic mass is 10.1. The number of aromatic nitrogens is 3. The van der Waals surface area contributed by atoms with Gasteiger partial charge in [-0.05, 0) is 28.8 Å². The van der Waals surface area contributed by atoms with E-state index in [1.54, 1.807) is 12.4 Å². The molecule has 2 heterocycles. The van der Waals surface area contributed by atoms with Crippen LogP contribution >= 0.6 is 0 Å². The Balaban J connectivity index is 1.42. The van der Waals surface area contributed by atoms with E-state index in [0.29, 0.717) is 13.1 Å². The third kappa shape index (κ3) is 5.57. The Morgan fingerprint density at radius 3 is 2.26 bits per heavy atom. The molecule has 0 saturated carbocycles. The van der Waals surface area contributed by atoms with Crippen molar-refractivity contribution in [3.63, 3.8) is 0 Å². The van der Waals surface area contributed by atoms with Crippen LogP contribution in [-0.2, 0) is 19.6 Å². The van der Waals surface area contributed by atoms with Gasteiger partial charge in [-0.3, -0.25) is 4.68 Å².